The highest BCUT2D eigenvalue weighted by molar-refractivity contribution is 14.0. The number of aliphatic hydroxyl groups is 1. The van der Waals surface area contributed by atoms with Crippen molar-refractivity contribution < 1.29 is 14.6 Å². The van der Waals surface area contributed by atoms with Gasteiger partial charge < -0.3 is 25.2 Å². The molecule has 1 saturated heterocycles. The predicted molar refractivity (Wildman–Crippen MR) is 100 cm³/mol. The molecule has 0 amide bonds. The minimum atomic E-state index is 0. The van der Waals surface area contributed by atoms with Crippen molar-refractivity contribution in [2.75, 3.05) is 46.1 Å². The molecule has 3 N–H and O–H groups in total. The van der Waals surface area contributed by atoms with E-state index in [0.29, 0.717) is 19.3 Å². The number of rotatable bonds is 10. The van der Waals surface area contributed by atoms with Gasteiger partial charge in [-0.25, -0.2) is 0 Å². The average molecular weight is 429 g/mol. The predicted octanol–water partition coefficient (Wildman–Crippen LogP) is 1.37. The molecule has 2 atom stereocenters. The van der Waals surface area contributed by atoms with Gasteiger partial charge in [-0.1, -0.05) is 6.92 Å². The normalized spacial score (nSPS) is 19.6. The van der Waals surface area contributed by atoms with E-state index < -0.39 is 0 Å². The zero-order chi connectivity index (χ0) is 15.3. The molecule has 132 valence electrons. The molecular weight excluding hydrogens is 397 g/mol. The van der Waals surface area contributed by atoms with Crippen molar-refractivity contribution >= 4 is 29.9 Å². The van der Waals surface area contributed by atoms with Gasteiger partial charge in [0.25, 0.3) is 0 Å². The Kier molecular flexibility index (Phi) is 14.4. The minimum Gasteiger partial charge on any atom is -0.396 e. The van der Waals surface area contributed by atoms with Gasteiger partial charge in [-0.3, -0.25) is 4.99 Å². The van der Waals surface area contributed by atoms with Gasteiger partial charge in [0, 0.05) is 39.5 Å². The summed E-state index contributed by atoms with van der Waals surface area (Å²) in [5, 5.41) is 15.5. The molecule has 0 aliphatic carbocycles. The molecule has 6 nitrogen and oxygen atoms in total. The van der Waals surface area contributed by atoms with Gasteiger partial charge >= 0.3 is 0 Å². The van der Waals surface area contributed by atoms with Crippen LogP contribution in [-0.4, -0.2) is 63.2 Å². The number of halogens is 1. The summed E-state index contributed by atoms with van der Waals surface area (Å²) in [6.45, 7) is 8.79. The molecule has 0 aromatic heterocycles. The van der Waals surface area contributed by atoms with Crippen LogP contribution in [0.15, 0.2) is 4.99 Å². The first kappa shape index (κ1) is 21.9. The van der Waals surface area contributed by atoms with E-state index in [-0.39, 0.29) is 36.5 Å². The zero-order valence-electron chi connectivity index (χ0n) is 13.8. The summed E-state index contributed by atoms with van der Waals surface area (Å²) in [4.78, 5) is 4.44. The highest BCUT2D eigenvalue weighted by Crippen LogP contribution is 2.11. The Hall–Kier alpha value is -0.120. The van der Waals surface area contributed by atoms with Crippen LogP contribution in [0.2, 0.25) is 0 Å². The molecule has 0 bridgehead atoms. The van der Waals surface area contributed by atoms with Crippen LogP contribution in [0.4, 0.5) is 0 Å². The fraction of sp³-hybridized carbons (Fsp3) is 0.933. The molecule has 1 heterocycles. The molecule has 1 aliphatic heterocycles. The summed E-state index contributed by atoms with van der Waals surface area (Å²) >= 11 is 0. The SMILES string of the molecule is CCNC(=NCC(C)CO)NCCCOCC1CCCO1.I. The van der Waals surface area contributed by atoms with Gasteiger partial charge in [0.1, 0.15) is 0 Å². The summed E-state index contributed by atoms with van der Waals surface area (Å²) in [5.74, 6) is 0.993. The third kappa shape index (κ3) is 10.6. The number of aliphatic hydroxyl groups excluding tert-OH is 1. The zero-order valence-corrected chi connectivity index (χ0v) is 16.2. The van der Waals surface area contributed by atoms with Crippen molar-refractivity contribution in [1.29, 1.82) is 0 Å². The van der Waals surface area contributed by atoms with Crippen molar-refractivity contribution in [3.63, 3.8) is 0 Å². The number of guanidine groups is 1. The highest BCUT2D eigenvalue weighted by Gasteiger charge is 2.14. The van der Waals surface area contributed by atoms with Crippen LogP contribution in [0.25, 0.3) is 0 Å². The van der Waals surface area contributed by atoms with Crippen LogP contribution in [0.5, 0.6) is 0 Å². The maximum Gasteiger partial charge on any atom is 0.191 e. The van der Waals surface area contributed by atoms with E-state index >= 15 is 0 Å². The monoisotopic (exact) mass is 429 g/mol. The average Bonchev–Trinajstić information content (AvgIpc) is 3.01. The summed E-state index contributed by atoms with van der Waals surface area (Å²) < 4.78 is 11.1. The van der Waals surface area contributed by atoms with Crippen molar-refractivity contribution in [3.05, 3.63) is 0 Å². The maximum absolute atomic E-state index is 9.00. The highest BCUT2D eigenvalue weighted by atomic mass is 127. The number of aliphatic imine (C=N–C) groups is 1. The third-order valence-corrected chi connectivity index (χ3v) is 3.30. The molecule has 1 aliphatic rings. The molecule has 1 fully saturated rings. The minimum absolute atomic E-state index is 0. The van der Waals surface area contributed by atoms with E-state index in [1.165, 1.54) is 0 Å². The first-order chi connectivity index (χ1) is 10.3. The van der Waals surface area contributed by atoms with Gasteiger partial charge in [-0.15, -0.1) is 24.0 Å². The molecule has 0 aromatic rings. The van der Waals surface area contributed by atoms with Gasteiger partial charge in [-0.05, 0) is 32.1 Å². The number of ether oxygens (including phenoxy) is 2. The lowest BCUT2D eigenvalue weighted by molar-refractivity contribution is 0.0168. The van der Waals surface area contributed by atoms with E-state index in [1.54, 1.807) is 0 Å². The molecule has 2 unspecified atom stereocenters. The topological polar surface area (TPSA) is 75.1 Å². The van der Waals surface area contributed by atoms with E-state index in [2.05, 4.69) is 15.6 Å². The van der Waals surface area contributed by atoms with E-state index in [0.717, 1.165) is 51.5 Å². The van der Waals surface area contributed by atoms with E-state index in [9.17, 15) is 0 Å². The number of hydrogen-bond acceptors (Lipinski definition) is 4. The lowest BCUT2D eigenvalue weighted by atomic mass is 10.2. The van der Waals surface area contributed by atoms with Crippen LogP contribution in [-0.2, 0) is 9.47 Å². The maximum atomic E-state index is 9.00. The molecule has 22 heavy (non-hydrogen) atoms. The Balaban J connectivity index is 0.00000441. The lowest BCUT2D eigenvalue weighted by Gasteiger charge is -2.13. The second-order valence-electron chi connectivity index (χ2n) is 5.50. The van der Waals surface area contributed by atoms with Crippen LogP contribution in [0.3, 0.4) is 0 Å². The molecule has 0 saturated carbocycles. The summed E-state index contributed by atoms with van der Waals surface area (Å²) in [7, 11) is 0. The lowest BCUT2D eigenvalue weighted by Crippen LogP contribution is -2.38. The molecule has 0 radical (unpaired) electrons. The molecule has 1 rings (SSSR count). The fourth-order valence-electron chi connectivity index (χ4n) is 2.02. The molecule has 0 spiro atoms. The van der Waals surface area contributed by atoms with Crippen molar-refractivity contribution in [2.24, 2.45) is 10.9 Å². The summed E-state index contributed by atoms with van der Waals surface area (Å²) in [6.07, 6.45) is 3.52. The Morgan fingerprint density at radius 2 is 2.27 bits per heavy atom. The molecular formula is C15H32IN3O3. The third-order valence-electron chi connectivity index (χ3n) is 3.30. The van der Waals surface area contributed by atoms with Crippen LogP contribution in [0.1, 0.15) is 33.1 Å². The second kappa shape index (κ2) is 14.5. The number of hydrogen-bond donors (Lipinski definition) is 3. The Bertz CT molecular complexity index is 287. The van der Waals surface area contributed by atoms with Crippen molar-refractivity contribution in [3.8, 4) is 0 Å². The van der Waals surface area contributed by atoms with Crippen LogP contribution >= 0.6 is 24.0 Å². The van der Waals surface area contributed by atoms with Gasteiger partial charge in [0.15, 0.2) is 5.96 Å². The first-order valence-corrected chi connectivity index (χ1v) is 8.08. The van der Waals surface area contributed by atoms with Gasteiger partial charge in [-0.2, -0.15) is 0 Å². The largest absolute Gasteiger partial charge is 0.396 e. The van der Waals surface area contributed by atoms with Gasteiger partial charge in [0.2, 0.25) is 0 Å². The molecule has 0 aromatic carbocycles. The Morgan fingerprint density at radius 1 is 1.45 bits per heavy atom. The first-order valence-electron chi connectivity index (χ1n) is 8.08. The number of nitrogens with zero attached hydrogens (tertiary/aromatic N) is 1. The van der Waals surface area contributed by atoms with Crippen molar-refractivity contribution in [1.82, 2.24) is 10.6 Å². The number of nitrogens with one attached hydrogen (secondary N) is 2. The Morgan fingerprint density at radius 3 is 2.91 bits per heavy atom. The summed E-state index contributed by atoms with van der Waals surface area (Å²) in [5.41, 5.74) is 0. The van der Waals surface area contributed by atoms with Crippen LogP contribution in [0, 0.1) is 5.92 Å². The summed E-state index contributed by atoms with van der Waals surface area (Å²) in [6, 6.07) is 0. The van der Waals surface area contributed by atoms with Crippen molar-refractivity contribution in [2.45, 2.75) is 39.2 Å². The molecule has 7 heteroatoms. The smallest absolute Gasteiger partial charge is 0.191 e. The second-order valence-corrected chi connectivity index (χ2v) is 5.50. The standard InChI is InChI=1S/C15H31N3O3.HI/c1-3-16-15(18-10-13(2)11-19)17-7-5-8-20-12-14-6-4-9-21-14;/h13-14,19H,3-12H2,1-2H3,(H2,16,17,18);1H. The fourth-order valence-corrected chi connectivity index (χ4v) is 2.02. The quantitative estimate of drug-likeness (QED) is 0.212. The Labute approximate surface area is 151 Å². The van der Waals surface area contributed by atoms with Crippen LogP contribution < -0.4 is 10.6 Å². The van der Waals surface area contributed by atoms with E-state index in [1.807, 2.05) is 13.8 Å². The van der Waals surface area contributed by atoms with E-state index in [4.69, 9.17) is 14.6 Å². The van der Waals surface area contributed by atoms with Gasteiger partial charge in [0.05, 0.1) is 12.7 Å².